The summed E-state index contributed by atoms with van der Waals surface area (Å²) in [5, 5.41) is 2.98. The first kappa shape index (κ1) is 16.8. The zero-order valence-electron chi connectivity index (χ0n) is 15.0. The molecule has 1 aliphatic heterocycles. The summed E-state index contributed by atoms with van der Waals surface area (Å²) in [5.74, 6) is 1.41. The molecular formula is C20H24N4O2. The van der Waals surface area contributed by atoms with E-state index in [1.54, 1.807) is 4.90 Å². The zero-order chi connectivity index (χ0) is 18.1. The van der Waals surface area contributed by atoms with Gasteiger partial charge in [0.05, 0.1) is 5.92 Å². The third-order valence-electron chi connectivity index (χ3n) is 5.18. The summed E-state index contributed by atoms with van der Waals surface area (Å²) in [6, 6.07) is 7.84. The average Bonchev–Trinajstić information content (AvgIpc) is 3.24. The van der Waals surface area contributed by atoms with Crippen LogP contribution in [0, 0.1) is 12.8 Å². The number of anilines is 1. The van der Waals surface area contributed by atoms with Crippen LogP contribution in [0.3, 0.4) is 0 Å². The molecule has 1 atom stereocenters. The molecule has 1 aliphatic carbocycles. The fourth-order valence-corrected chi connectivity index (χ4v) is 3.51. The van der Waals surface area contributed by atoms with E-state index < -0.39 is 0 Å². The standard InChI is InChI=1S/C20H24N4O2/c1-14-2-6-17(7-3-14)24-13-16(12-18(24)25)20(26)22-9-11-23-10-8-21-19(23)15-4-5-15/h2-3,6-8,10,15-16H,4-5,9,11-13H2,1H3,(H,22,26). The Kier molecular flexibility index (Phi) is 4.49. The molecule has 26 heavy (non-hydrogen) atoms. The monoisotopic (exact) mass is 352 g/mol. The predicted molar refractivity (Wildman–Crippen MR) is 98.9 cm³/mol. The van der Waals surface area contributed by atoms with Crippen molar-refractivity contribution in [3.8, 4) is 0 Å². The van der Waals surface area contributed by atoms with Gasteiger partial charge in [0.15, 0.2) is 0 Å². The topological polar surface area (TPSA) is 67.2 Å². The number of nitrogens with one attached hydrogen (secondary N) is 1. The van der Waals surface area contributed by atoms with Crippen molar-refractivity contribution in [3.05, 3.63) is 48.0 Å². The first-order chi connectivity index (χ1) is 12.6. The van der Waals surface area contributed by atoms with Crippen LogP contribution in [0.5, 0.6) is 0 Å². The molecule has 1 saturated heterocycles. The number of rotatable bonds is 6. The van der Waals surface area contributed by atoms with Gasteiger partial charge in [-0.05, 0) is 31.9 Å². The van der Waals surface area contributed by atoms with Crippen molar-refractivity contribution in [2.24, 2.45) is 5.92 Å². The molecule has 1 unspecified atom stereocenters. The van der Waals surface area contributed by atoms with Crippen LogP contribution >= 0.6 is 0 Å². The van der Waals surface area contributed by atoms with E-state index in [1.165, 1.54) is 12.8 Å². The van der Waals surface area contributed by atoms with Crippen molar-refractivity contribution in [1.82, 2.24) is 14.9 Å². The van der Waals surface area contributed by atoms with Gasteiger partial charge in [-0.2, -0.15) is 0 Å². The lowest BCUT2D eigenvalue weighted by molar-refractivity contribution is -0.126. The maximum atomic E-state index is 12.5. The number of carbonyl (C=O) groups excluding carboxylic acids is 2. The number of carbonyl (C=O) groups is 2. The predicted octanol–water partition coefficient (Wildman–Crippen LogP) is 2.24. The minimum Gasteiger partial charge on any atom is -0.354 e. The number of benzene rings is 1. The molecule has 0 spiro atoms. The molecule has 2 amide bonds. The molecule has 1 aromatic carbocycles. The summed E-state index contributed by atoms with van der Waals surface area (Å²) >= 11 is 0. The van der Waals surface area contributed by atoms with Crippen LogP contribution in [0.15, 0.2) is 36.7 Å². The molecule has 6 nitrogen and oxygen atoms in total. The van der Waals surface area contributed by atoms with Crippen molar-refractivity contribution >= 4 is 17.5 Å². The van der Waals surface area contributed by atoms with E-state index in [0.29, 0.717) is 19.0 Å². The average molecular weight is 352 g/mol. The van der Waals surface area contributed by atoms with Gasteiger partial charge < -0.3 is 14.8 Å². The summed E-state index contributed by atoms with van der Waals surface area (Å²) in [6.45, 7) is 3.75. The van der Waals surface area contributed by atoms with Crippen LogP contribution in [0.1, 0.15) is 36.6 Å². The van der Waals surface area contributed by atoms with Crippen molar-refractivity contribution in [3.63, 3.8) is 0 Å². The molecule has 1 N–H and O–H groups in total. The molecular weight excluding hydrogens is 328 g/mol. The van der Waals surface area contributed by atoms with Crippen LogP contribution in [0.4, 0.5) is 5.69 Å². The van der Waals surface area contributed by atoms with Gasteiger partial charge >= 0.3 is 0 Å². The van der Waals surface area contributed by atoms with Gasteiger partial charge in [0.1, 0.15) is 5.82 Å². The zero-order valence-corrected chi connectivity index (χ0v) is 15.0. The van der Waals surface area contributed by atoms with E-state index in [4.69, 9.17) is 0 Å². The molecule has 136 valence electrons. The Morgan fingerprint density at radius 2 is 2.04 bits per heavy atom. The van der Waals surface area contributed by atoms with Gasteiger partial charge in [-0.1, -0.05) is 17.7 Å². The third kappa shape index (κ3) is 3.49. The Balaban J connectivity index is 1.30. The quantitative estimate of drug-likeness (QED) is 0.867. The highest BCUT2D eigenvalue weighted by Crippen LogP contribution is 2.38. The van der Waals surface area contributed by atoms with Gasteiger partial charge in [-0.15, -0.1) is 0 Å². The number of hydrogen-bond acceptors (Lipinski definition) is 3. The minimum absolute atomic E-state index is 0.0135. The van der Waals surface area contributed by atoms with Crippen LogP contribution in [0.25, 0.3) is 0 Å². The van der Waals surface area contributed by atoms with E-state index >= 15 is 0 Å². The van der Waals surface area contributed by atoms with Gasteiger partial charge in [0.2, 0.25) is 11.8 Å². The molecule has 2 heterocycles. The molecule has 0 radical (unpaired) electrons. The lowest BCUT2D eigenvalue weighted by Gasteiger charge is -2.17. The second-order valence-electron chi connectivity index (χ2n) is 7.29. The van der Waals surface area contributed by atoms with Crippen molar-refractivity contribution in [2.75, 3.05) is 18.0 Å². The number of amides is 2. The summed E-state index contributed by atoms with van der Waals surface area (Å²) < 4.78 is 2.12. The Labute approximate surface area is 153 Å². The first-order valence-electron chi connectivity index (χ1n) is 9.27. The Hall–Kier alpha value is -2.63. The highest BCUT2D eigenvalue weighted by atomic mass is 16.2. The van der Waals surface area contributed by atoms with E-state index in [0.717, 1.165) is 23.6 Å². The number of aromatic nitrogens is 2. The van der Waals surface area contributed by atoms with Gasteiger partial charge in [0.25, 0.3) is 0 Å². The summed E-state index contributed by atoms with van der Waals surface area (Å²) in [4.78, 5) is 30.9. The van der Waals surface area contributed by atoms with Gasteiger partial charge in [0, 0.05) is 50.1 Å². The van der Waals surface area contributed by atoms with E-state index in [1.807, 2.05) is 43.6 Å². The van der Waals surface area contributed by atoms with Gasteiger partial charge in [-0.3, -0.25) is 9.59 Å². The lowest BCUT2D eigenvalue weighted by Crippen LogP contribution is -2.34. The highest BCUT2D eigenvalue weighted by Gasteiger charge is 2.35. The second kappa shape index (κ2) is 6.94. The minimum atomic E-state index is -0.283. The van der Waals surface area contributed by atoms with E-state index in [9.17, 15) is 9.59 Å². The van der Waals surface area contributed by atoms with Crippen LogP contribution < -0.4 is 10.2 Å². The Bertz CT molecular complexity index is 807. The number of nitrogens with zero attached hydrogens (tertiary/aromatic N) is 3. The summed E-state index contributed by atoms with van der Waals surface area (Å²) in [6.07, 6.45) is 6.49. The fourth-order valence-electron chi connectivity index (χ4n) is 3.51. The summed E-state index contributed by atoms with van der Waals surface area (Å²) in [7, 11) is 0. The molecule has 1 aromatic heterocycles. The summed E-state index contributed by atoms with van der Waals surface area (Å²) in [5.41, 5.74) is 2.02. The van der Waals surface area contributed by atoms with E-state index in [2.05, 4.69) is 14.9 Å². The van der Waals surface area contributed by atoms with Crippen molar-refractivity contribution in [1.29, 1.82) is 0 Å². The Morgan fingerprint density at radius 3 is 2.77 bits per heavy atom. The second-order valence-corrected chi connectivity index (χ2v) is 7.29. The molecule has 6 heteroatoms. The SMILES string of the molecule is Cc1ccc(N2CC(C(=O)NCCn3ccnc3C3CC3)CC2=O)cc1. The maximum absolute atomic E-state index is 12.5. The van der Waals surface area contributed by atoms with Crippen molar-refractivity contribution < 1.29 is 9.59 Å². The lowest BCUT2D eigenvalue weighted by atomic mass is 10.1. The largest absolute Gasteiger partial charge is 0.354 e. The maximum Gasteiger partial charge on any atom is 0.227 e. The molecule has 0 bridgehead atoms. The molecule has 2 fully saturated rings. The number of imidazole rings is 1. The normalized spacial score (nSPS) is 19.8. The third-order valence-corrected chi connectivity index (χ3v) is 5.18. The van der Waals surface area contributed by atoms with Crippen LogP contribution in [0.2, 0.25) is 0 Å². The van der Waals surface area contributed by atoms with Crippen LogP contribution in [-0.4, -0.2) is 34.5 Å². The molecule has 1 saturated carbocycles. The first-order valence-corrected chi connectivity index (χ1v) is 9.27. The molecule has 4 rings (SSSR count). The fraction of sp³-hybridized carbons (Fsp3) is 0.450. The highest BCUT2D eigenvalue weighted by molar-refractivity contribution is 6.00. The number of hydrogen-bond donors (Lipinski definition) is 1. The molecule has 2 aliphatic rings. The number of aryl methyl sites for hydroxylation is 1. The van der Waals surface area contributed by atoms with Crippen LogP contribution in [-0.2, 0) is 16.1 Å². The smallest absolute Gasteiger partial charge is 0.227 e. The van der Waals surface area contributed by atoms with Crippen molar-refractivity contribution in [2.45, 2.75) is 38.6 Å². The van der Waals surface area contributed by atoms with E-state index in [-0.39, 0.29) is 24.2 Å². The Morgan fingerprint density at radius 1 is 1.27 bits per heavy atom. The van der Waals surface area contributed by atoms with Gasteiger partial charge in [-0.25, -0.2) is 4.98 Å². The molecule has 2 aromatic rings.